The minimum absolute atomic E-state index is 0.129. The smallest absolute Gasteiger partial charge is 0.167 e. The van der Waals surface area contributed by atoms with Gasteiger partial charge < -0.3 is 0 Å². The minimum atomic E-state index is 0.129. The zero-order chi connectivity index (χ0) is 13.8. The Kier molecular flexibility index (Phi) is 4.39. The maximum Gasteiger partial charge on any atom is 0.167 e. The molecule has 2 rings (SSSR count). The Morgan fingerprint density at radius 2 is 1.68 bits per heavy atom. The van der Waals surface area contributed by atoms with Crippen LogP contribution in [0.25, 0.3) is 0 Å². The highest BCUT2D eigenvalue weighted by atomic mass is 35.5. The van der Waals surface area contributed by atoms with E-state index in [1.807, 2.05) is 25.1 Å². The molecule has 0 radical (unpaired) electrons. The molecule has 19 heavy (non-hydrogen) atoms. The Morgan fingerprint density at radius 1 is 1.05 bits per heavy atom. The average Bonchev–Trinajstić information content (AvgIpc) is 2.42. The molecule has 0 N–H and O–H groups in total. The molecule has 0 fully saturated rings. The van der Waals surface area contributed by atoms with Gasteiger partial charge in [-0.2, -0.15) is 0 Å². The van der Waals surface area contributed by atoms with Gasteiger partial charge in [-0.3, -0.25) is 4.79 Å². The first kappa shape index (κ1) is 13.8. The van der Waals surface area contributed by atoms with Gasteiger partial charge in [-0.25, -0.2) is 0 Å². The summed E-state index contributed by atoms with van der Waals surface area (Å²) in [6, 6.07) is 13.6. The van der Waals surface area contributed by atoms with Crippen molar-refractivity contribution in [3.05, 3.63) is 69.7 Å². The molecule has 0 atom stereocenters. The summed E-state index contributed by atoms with van der Waals surface area (Å²) >= 11 is 5.97. The number of ketones is 1. The minimum Gasteiger partial charge on any atom is -0.294 e. The zero-order valence-electron chi connectivity index (χ0n) is 11.2. The SMILES string of the molecule is CCc1ccc(CC(=O)c2ccc(Cl)c(C)c2)cc1. The molecule has 2 aromatic carbocycles. The van der Waals surface area contributed by atoms with Crippen molar-refractivity contribution in [2.45, 2.75) is 26.7 Å². The molecule has 0 saturated heterocycles. The fraction of sp³-hybridized carbons (Fsp3) is 0.235. The van der Waals surface area contributed by atoms with E-state index in [-0.39, 0.29) is 5.78 Å². The number of halogens is 1. The molecule has 0 heterocycles. The summed E-state index contributed by atoms with van der Waals surface area (Å²) in [5, 5.41) is 0.698. The number of rotatable bonds is 4. The topological polar surface area (TPSA) is 17.1 Å². The maximum atomic E-state index is 12.2. The second-order valence-corrected chi connectivity index (χ2v) is 5.14. The molecule has 1 nitrogen and oxygen atoms in total. The summed E-state index contributed by atoms with van der Waals surface area (Å²) in [6.45, 7) is 4.03. The highest BCUT2D eigenvalue weighted by Crippen LogP contribution is 2.18. The van der Waals surface area contributed by atoms with Crippen LogP contribution < -0.4 is 0 Å². The Morgan fingerprint density at radius 3 is 2.26 bits per heavy atom. The standard InChI is InChI=1S/C17H17ClO/c1-3-13-4-6-14(7-5-13)11-17(19)15-8-9-16(18)12(2)10-15/h4-10H,3,11H2,1-2H3. The summed E-state index contributed by atoms with van der Waals surface area (Å²) in [5.41, 5.74) is 4.00. The number of Topliss-reactive ketones (excluding diaryl/α,β-unsaturated/α-hetero) is 1. The largest absolute Gasteiger partial charge is 0.294 e. The van der Waals surface area contributed by atoms with Crippen LogP contribution in [-0.4, -0.2) is 5.78 Å². The van der Waals surface area contributed by atoms with Crippen molar-refractivity contribution in [2.24, 2.45) is 0 Å². The fourth-order valence-corrected chi connectivity index (χ4v) is 2.12. The van der Waals surface area contributed by atoms with E-state index in [1.165, 1.54) is 5.56 Å². The van der Waals surface area contributed by atoms with Gasteiger partial charge in [-0.15, -0.1) is 0 Å². The third-order valence-corrected chi connectivity index (χ3v) is 3.70. The van der Waals surface area contributed by atoms with Gasteiger partial charge in [-0.05, 0) is 48.2 Å². The second kappa shape index (κ2) is 6.03. The van der Waals surface area contributed by atoms with Gasteiger partial charge in [0, 0.05) is 17.0 Å². The highest BCUT2D eigenvalue weighted by molar-refractivity contribution is 6.31. The zero-order valence-corrected chi connectivity index (χ0v) is 12.0. The lowest BCUT2D eigenvalue weighted by Gasteiger charge is -2.05. The predicted molar refractivity (Wildman–Crippen MR) is 80.0 cm³/mol. The van der Waals surface area contributed by atoms with Gasteiger partial charge in [0.15, 0.2) is 5.78 Å². The molecule has 0 aliphatic heterocycles. The van der Waals surface area contributed by atoms with E-state index in [1.54, 1.807) is 12.1 Å². The van der Waals surface area contributed by atoms with Crippen molar-refractivity contribution in [1.29, 1.82) is 0 Å². The van der Waals surface area contributed by atoms with E-state index in [9.17, 15) is 4.79 Å². The van der Waals surface area contributed by atoms with Crippen LogP contribution in [0.1, 0.15) is 34.0 Å². The van der Waals surface area contributed by atoms with Gasteiger partial charge in [0.05, 0.1) is 0 Å². The third kappa shape index (κ3) is 3.45. The van der Waals surface area contributed by atoms with Crippen molar-refractivity contribution in [2.75, 3.05) is 0 Å². The molecule has 0 bridgehead atoms. The van der Waals surface area contributed by atoms with Crippen molar-refractivity contribution in [3.8, 4) is 0 Å². The molecular weight excluding hydrogens is 256 g/mol. The van der Waals surface area contributed by atoms with Crippen LogP contribution >= 0.6 is 11.6 Å². The van der Waals surface area contributed by atoms with Crippen LogP contribution in [0.3, 0.4) is 0 Å². The van der Waals surface area contributed by atoms with Crippen LogP contribution in [0.15, 0.2) is 42.5 Å². The van der Waals surface area contributed by atoms with Crippen LogP contribution in [-0.2, 0) is 12.8 Å². The predicted octanol–water partition coefficient (Wildman–Crippen LogP) is 4.64. The first-order valence-corrected chi connectivity index (χ1v) is 6.85. The van der Waals surface area contributed by atoms with Crippen LogP contribution in [0.2, 0.25) is 5.02 Å². The van der Waals surface area contributed by atoms with Gasteiger partial charge in [0.1, 0.15) is 0 Å². The highest BCUT2D eigenvalue weighted by Gasteiger charge is 2.08. The fourth-order valence-electron chi connectivity index (χ4n) is 2.00. The second-order valence-electron chi connectivity index (χ2n) is 4.73. The molecule has 0 unspecified atom stereocenters. The molecule has 2 heteroatoms. The normalized spacial score (nSPS) is 10.5. The number of carbonyl (C=O) groups is 1. The lowest BCUT2D eigenvalue weighted by Crippen LogP contribution is -2.04. The molecule has 0 spiro atoms. The quantitative estimate of drug-likeness (QED) is 0.741. The van der Waals surface area contributed by atoms with Crippen LogP contribution in [0.5, 0.6) is 0 Å². The van der Waals surface area contributed by atoms with Crippen LogP contribution in [0.4, 0.5) is 0 Å². The molecule has 98 valence electrons. The lowest BCUT2D eigenvalue weighted by molar-refractivity contribution is 0.0993. The summed E-state index contributed by atoms with van der Waals surface area (Å²) in [5.74, 6) is 0.129. The van der Waals surface area contributed by atoms with Crippen LogP contribution in [0, 0.1) is 6.92 Å². The summed E-state index contributed by atoms with van der Waals surface area (Å²) in [7, 11) is 0. The first-order chi connectivity index (χ1) is 9.10. The third-order valence-electron chi connectivity index (χ3n) is 3.28. The van der Waals surface area contributed by atoms with E-state index < -0.39 is 0 Å². The van der Waals surface area contributed by atoms with Gasteiger partial charge >= 0.3 is 0 Å². The van der Waals surface area contributed by atoms with E-state index in [0.29, 0.717) is 11.4 Å². The van der Waals surface area contributed by atoms with Crippen molar-refractivity contribution < 1.29 is 4.79 Å². The lowest BCUT2D eigenvalue weighted by atomic mass is 10.0. The molecular formula is C17H17ClO. The average molecular weight is 273 g/mol. The Hall–Kier alpha value is -1.60. The molecule has 0 amide bonds. The van der Waals surface area contributed by atoms with E-state index in [0.717, 1.165) is 23.1 Å². The Balaban J connectivity index is 2.13. The number of benzene rings is 2. The molecule has 2 aromatic rings. The Labute approximate surface area is 119 Å². The van der Waals surface area contributed by atoms with Gasteiger partial charge in [0.25, 0.3) is 0 Å². The Bertz CT molecular complexity index is 585. The van der Waals surface area contributed by atoms with E-state index in [2.05, 4.69) is 19.1 Å². The number of hydrogen-bond donors (Lipinski definition) is 0. The van der Waals surface area contributed by atoms with Gasteiger partial charge in [-0.1, -0.05) is 42.8 Å². The summed E-state index contributed by atoms with van der Waals surface area (Å²) in [6.07, 6.45) is 1.45. The van der Waals surface area contributed by atoms with E-state index >= 15 is 0 Å². The number of hydrogen-bond acceptors (Lipinski definition) is 1. The molecule has 0 aromatic heterocycles. The first-order valence-electron chi connectivity index (χ1n) is 6.47. The summed E-state index contributed by atoms with van der Waals surface area (Å²) in [4.78, 5) is 12.2. The van der Waals surface area contributed by atoms with Gasteiger partial charge in [0.2, 0.25) is 0 Å². The van der Waals surface area contributed by atoms with Crippen molar-refractivity contribution >= 4 is 17.4 Å². The van der Waals surface area contributed by atoms with Crippen molar-refractivity contribution in [3.63, 3.8) is 0 Å². The van der Waals surface area contributed by atoms with E-state index in [4.69, 9.17) is 11.6 Å². The monoisotopic (exact) mass is 272 g/mol. The van der Waals surface area contributed by atoms with Crippen molar-refractivity contribution in [1.82, 2.24) is 0 Å². The summed E-state index contributed by atoms with van der Waals surface area (Å²) < 4.78 is 0. The molecule has 0 saturated carbocycles. The maximum absolute atomic E-state index is 12.2. The number of aryl methyl sites for hydroxylation is 2. The number of carbonyl (C=O) groups excluding carboxylic acids is 1. The molecule has 0 aliphatic carbocycles. The molecule has 0 aliphatic rings.